The van der Waals surface area contributed by atoms with E-state index in [1.165, 1.54) is 18.7 Å². The molecule has 2 spiro atoms. The molecule has 2 aliphatic carbocycles. The Bertz CT molecular complexity index is 1400. The third-order valence-corrected chi connectivity index (χ3v) is 7.21. The second-order valence-corrected chi connectivity index (χ2v) is 9.52. The van der Waals surface area contributed by atoms with Crippen LogP contribution in [-0.2, 0) is 31.8 Å². The minimum atomic E-state index is -0.523. The van der Waals surface area contributed by atoms with Crippen LogP contribution in [0.15, 0.2) is 33.4 Å². The lowest BCUT2D eigenvalue weighted by atomic mass is 9.91. The van der Waals surface area contributed by atoms with Crippen LogP contribution in [0.3, 0.4) is 0 Å². The summed E-state index contributed by atoms with van der Waals surface area (Å²) >= 11 is 0. The maximum absolute atomic E-state index is 11.9. The molecule has 3 aromatic heterocycles. The molecule has 1 saturated carbocycles. The fraction of sp³-hybridized carbons (Fsp3) is 0.542. The second-order valence-electron chi connectivity index (χ2n) is 9.52. The molecule has 0 aromatic carbocycles. The Labute approximate surface area is 211 Å². The Hall–Kier alpha value is -3.39. The number of hydrogen-bond donors (Lipinski definition) is 4. The Morgan fingerprint density at radius 1 is 0.865 bits per heavy atom. The molecule has 4 N–H and O–H groups in total. The minimum absolute atomic E-state index is 0.104. The van der Waals surface area contributed by atoms with Crippen LogP contribution >= 0.6 is 0 Å². The van der Waals surface area contributed by atoms with E-state index in [1.807, 2.05) is 0 Å². The Kier molecular flexibility index (Phi) is 6.36. The summed E-state index contributed by atoms with van der Waals surface area (Å²) in [4.78, 5) is 39.4. The molecule has 2 aliphatic heterocycles. The third kappa shape index (κ3) is 4.94. The van der Waals surface area contributed by atoms with E-state index in [4.69, 9.17) is 18.9 Å². The number of ether oxygens (including phenoxy) is 4. The Balaban J connectivity index is 0.000000136. The lowest BCUT2D eigenvalue weighted by molar-refractivity contribution is -0.167. The van der Waals surface area contributed by atoms with Crippen molar-refractivity contribution in [2.75, 3.05) is 31.9 Å². The number of hydrazone groups is 1. The quantitative estimate of drug-likeness (QED) is 0.371. The molecule has 196 valence electrons. The summed E-state index contributed by atoms with van der Waals surface area (Å²) in [7, 11) is 0. The smallest absolute Gasteiger partial charge is 0.260 e. The average Bonchev–Trinajstić information content (AvgIpc) is 3.64. The molecule has 37 heavy (non-hydrogen) atoms. The highest BCUT2D eigenvalue weighted by molar-refractivity contribution is 5.86. The van der Waals surface area contributed by atoms with E-state index in [0.717, 1.165) is 55.5 Å². The Morgan fingerprint density at radius 2 is 1.54 bits per heavy atom. The molecule has 13 heteroatoms. The van der Waals surface area contributed by atoms with Gasteiger partial charge in [-0.05, 0) is 24.8 Å². The molecular formula is C24H29N7O6. The molecule has 0 unspecified atom stereocenters. The highest BCUT2D eigenvalue weighted by Gasteiger charge is 2.42. The van der Waals surface area contributed by atoms with Gasteiger partial charge in [-0.1, -0.05) is 0 Å². The van der Waals surface area contributed by atoms with Gasteiger partial charge in [0, 0.05) is 43.2 Å². The van der Waals surface area contributed by atoms with Gasteiger partial charge in [0.05, 0.1) is 44.5 Å². The van der Waals surface area contributed by atoms with E-state index >= 15 is 0 Å². The van der Waals surface area contributed by atoms with Gasteiger partial charge in [0.2, 0.25) is 0 Å². The number of anilines is 1. The lowest BCUT2D eigenvalue weighted by Gasteiger charge is -2.31. The van der Waals surface area contributed by atoms with Gasteiger partial charge in [0.25, 0.3) is 11.1 Å². The van der Waals surface area contributed by atoms with Crippen LogP contribution in [-0.4, -0.2) is 68.6 Å². The SMILES string of the molecule is O=c1[nH]cnc2[nH]c3c(c12)CC1(CC3)OCCO1.O=c1cc(NN=C2CCC3(CC2)OCCO3)nc[nH]1. The topological polar surface area (TPSA) is 169 Å². The number of aromatic amines is 3. The summed E-state index contributed by atoms with van der Waals surface area (Å²) in [5.41, 5.74) is 6.28. The highest BCUT2D eigenvalue weighted by Crippen LogP contribution is 2.37. The van der Waals surface area contributed by atoms with E-state index < -0.39 is 5.79 Å². The van der Waals surface area contributed by atoms with Crippen LogP contribution in [0.1, 0.15) is 43.4 Å². The van der Waals surface area contributed by atoms with Crippen molar-refractivity contribution in [1.82, 2.24) is 24.9 Å². The first kappa shape index (κ1) is 24.0. The molecule has 3 aromatic rings. The number of hydrogen-bond acceptors (Lipinski definition) is 10. The molecule has 3 fully saturated rings. The largest absolute Gasteiger partial charge is 0.348 e. The van der Waals surface area contributed by atoms with Gasteiger partial charge < -0.3 is 33.9 Å². The van der Waals surface area contributed by atoms with E-state index in [0.29, 0.717) is 49.7 Å². The number of fused-ring (bicyclic) bond motifs is 3. The predicted octanol–water partition coefficient (Wildman–Crippen LogP) is 1.34. The van der Waals surface area contributed by atoms with E-state index in [1.54, 1.807) is 0 Å². The summed E-state index contributed by atoms with van der Waals surface area (Å²) in [6.07, 6.45) is 8.36. The van der Waals surface area contributed by atoms with Crippen molar-refractivity contribution < 1.29 is 18.9 Å². The normalized spacial score (nSPS) is 21.6. The van der Waals surface area contributed by atoms with Crippen LogP contribution in [0.25, 0.3) is 11.0 Å². The predicted molar refractivity (Wildman–Crippen MR) is 132 cm³/mol. The number of nitrogens with one attached hydrogen (secondary N) is 4. The van der Waals surface area contributed by atoms with Gasteiger partial charge >= 0.3 is 0 Å². The maximum Gasteiger partial charge on any atom is 0.260 e. The number of nitrogens with zero attached hydrogens (tertiary/aromatic N) is 3. The van der Waals surface area contributed by atoms with Crippen molar-refractivity contribution in [3.05, 3.63) is 50.7 Å². The fourth-order valence-electron chi connectivity index (χ4n) is 5.35. The monoisotopic (exact) mass is 511 g/mol. The van der Waals surface area contributed by atoms with Crippen LogP contribution in [0.2, 0.25) is 0 Å². The van der Waals surface area contributed by atoms with Crippen molar-refractivity contribution in [2.24, 2.45) is 5.10 Å². The summed E-state index contributed by atoms with van der Waals surface area (Å²) < 4.78 is 22.8. The van der Waals surface area contributed by atoms with Gasteiger partial charge in [-0.2, -0.15) is 5.10 Å². The molecule has 4 aliphatic rings. The zero-order chi connectivity index (χ0) is 25.3. The molecule has 0 atom stereocenters. The highest BCUT2D eigenvalue weighted by atomic mass is 16.7. The molecule has 13 nitrogen and oxygen atoms in total. The lowest BCUT2D eigenvalue weighted by Crippen LogP contribution is -2.37. The van der Waals surface area contributed by atoms with Crippen molar-refractivity contribution in [3.63, 3.8) is 0 Å². The summed E-state index contributed by atoms with van der Waals surface area (Å²) in [6.45, 7) is 2.63. The number of aromatic nitrogens is 5. The average molecular weight is 512 g/mol. The minimum Gasteiger partial charge on any atom is -0.348 e. The summed E-state index contributed by atoms with van der Waals surface area (Å²) in [5, 5.41) is 4.93. The number of aryl methyl sites for hydroxylation is 1. The first-order valence-corrected chi connectivity index (χ1v) is 12.5. The van der Waals surface area contributed by atoms with Gasteiger partial charge in [0.15, 0.2) is 17.4 Å². The first-order valence-electron chi connectivity index (χ1n) is 12.5. The zero-order valence-corrected chi connectivity index (χ0v) is 20.3. The van der Waals surface area contributed by atoms with Crippen LogP contribution in [0.5, 0.6) is 0 Å². The van der Waals surface area contributed by atoms with Gasteiger partial charge in [-0.3, -0.25) is 15.0 Å². The molecule has 0 bridgehead atoms. The number of rotatable bonds is 2. The van der Waals surface area contributed by atoms with Crippen LogP contribution in [0, 0.1) is 0 Å². The van der Waals surface area contributed by atoms with Gasteiger partial charge in [-0.25, -0.2) is 9.97 Å². The van der Waals surface area contributed by atoms with E-state index in [2.05, 4.69) is 35.4 Å². The zero-order valence-electron chi connectivity index (χ0n) is 20.3. The first-order chi connectivity index (χ1) is 18.0. The van der Waals surface area contributed by atoms with E-state index in [9.17, 15) is 9.59 Å². The van der Waals surface area contributed by atoms with Crippen molar-refractivity contribution in [2.45, 2.75) is 56.5 Å². The Morgan fingerprint density at radius 3 is 2.27 bits per heavy atom. The van der Waals surface area contributed by atoms with Gasteiger partial charge in [-0.15, -0.1) is 0 Å². The third-order valence-electron chi connectivity index (χ3n) is 7.21. The molecule has 7 rings (SSSR count). The molecule has 0 radical (unpaired) electrons. The van der Waals surface area contributed by atoms with Gasteiger partial charge in [0.1, 0.15) is 5.65 Å². The molecule has 2 saturated heterocycles. The van der Waals surface area contributed by atoms with Crippen LogP contribution < -0.4 is 16.5 Å². The fourth-order valence-corrected chi connectivity index (χ4v) is 5.35. The standard InChI is InChI=1S/C12H16N4O3.C12H13N3O3/c17-11-7-10(13-8-14-11)16-15-9-1-3-12(4-2-9)18-5-6-19-12;16-11-9-7-5-12(17-3-4-18-12)2-1-8(7)15-10(9)13-6-14-11/h7-8H,1-6H2,(H2,13,14,16,17);6H,1-5H2,(H2,13,14,15,16). The van der Waals surface area contributed by atoms with E-state index in [-0.39, 0.29) is 16.9 Å². The van der Waals surface area contributed by atoms with Crippen molar-refractivity contribution in [1.29, 1.82) is 0 Å². The maximum atomic E-state index is 11.9. The van der Waals surface area contributed by atoms with Crippen molar-refractivity contribution in [3.8, 4) is 0 Å². The molecular weight excluding hydrogens is 482 g/mol. The molecule has 0 amide bonds. The summed E-state index contributed by atoms with van der Waals surface area (Å²) in [6, 6.07) is 1.37. The number of H-pyrrole nitrogens is 3. The van der Waals surface area contributed by atoms with Crippen molar-refractivity contribution >= 4 is 22.6 Å². The molecule has 5 heterocycles. The second kappa shape index (κ2) is 9.82. The van der Waals surface area contributed by atoms with Crippen LogP contribution in [0.4, 0.5) is 5.82 Å². The summed E-state index contributed by atoms with van der Waals surface area (Å²) in [5.74, 6) is -0.448.